The third-order valence-corrected chi connectivity index (χ3v) is 3.39. The van der Waals surface area contributed by atoms with Crippen molar-refractivity contribution >= 4 is 23.3 Å². The lowest BCUT2D eigenvalue weighted by atomic mass is 10.2. The molecule has 0 radical (unpaired) electrons. The maximum Gasteiger partial charge on any atom is 0.319 e. The first-order valence-corrected chi connectivity index (χ1v) is 7.54. The molecule has 6 heteroatoms. The van der Waals surface area contributed by atoms with E-state index in [0.717, 1.165) is 11.3 Å². The summed E-state index contributed by atoms with van der Waals surface area (Å²) in [5, 5.41) is 5.99. The summed E-state index contributed by atoms with van der Waals surface area (Å²) in [7, 11) is 1.59. The molecule has 23 heavy (non-hydrogen) atoms. The molecule has 0 aliphatic heterocycles. The third-order valence-electron chi connectivity index (χ3n) is 3.08. The SMILES string of the molecule is COc1ccc(NC(=O)NCCOc2cc(C)ccc2Cl)cc1. The highest BCUT2D eigenvalue weighted by molar-refractivity contribution is 6.32. The number of ether oxygens (including phenoxy) is 2. The van der Waals surface area contributed by atoms with Gasteiger partial charge in [0.25, 0.3) is 0 Å². The molecule has 0 atom stereocenters. The largest absolute Gasteiger partial charge is 0.497 e. The summed E-state index contributed by atoms with van der Waals surface area (Å²) in [4.78, 5) is 11.8. The number of amides is 2. The van der Waals surface area contributed by atoms with Crippen molar-refractivity contribution in [2.75, 3.05) is 25.6 Å². The Bertz CT molecular complexity index is 659. The normalized spacial score (nSPS) is 10.0. The number of aryl methyl sites for hydroxylation is 1. The van der Waals surface area contributed by atoms with Crippen LogP contribution in [0, 0.1) is 6.92 Å². The third kappa shape index (κ3) is 5.38. The molecule has 0 aliphatic rings. The Hall–Kier alpha value is -2.40. The number of hydrogen-bond donors (Lipinski definition) is 2. The fraction of sp³-hybridized carbons (Fsp3) is 0.235. The van der Waals surface area contributed by atoms with Gasteiger partial charge in [-0.15, -0.1) is 0 Å². The van der Waals surface area contributed by atoms with Crippen molar-refractivity contribution in [3.05, 3.63) is 53.1 Å². The van der Waals surface area contributed by atoms with Gasteiger partial charge in [0.2, 0.25) is 0 Å². The molecule has 0 bridgehead atoms. The van der Waals surface area contributed by atoms with Crippen LogP contribution in [0.3, 0.4) is 0 Å². The number of halogens is 1. The van der Waals surface area contributed by atoms with E-state index in [9.17, 15) is 4.79 Å². The first-order chi connectivity index (χ1) is 11.1. The molecule has 2 rings (SSSR count). The lowest BCUT2D eigenvalue weighted by Crippen LogP contribution is -2.32. The minimum Gasteiger partial charge on any atom is -0.497 e. The highest BCUT2D eigenvalue weighted by Gasteiger charge is 2.04. The van der Waals surface area contributed by atoms with Gasteiger partial charge in [0.1, 0.15) is 18.1 Å². The van der Waals surface area contributed by atoms with E-state index in [-0.39, 0.29) is 6.03 Å². The van der Waals surface area contributed by atoms with Crippen LogP contribution in [0.1, 0.15) is 5.56 Å². The number of methoxy groups -OCH3 is 1. The second kappa shape index (κ2) is 8.29. The van der Waals surface area contributed by atoms with Gasteiger partial charge in [0, 0.05) is 5.69 Å². The molecule has 0 fully saturated rings. The molecule has 122 valence electrons. The van der Waals surface area contributed by atoms with Crippen molar-refractivity contribution in [1.82, 2.24) is 5.32 Å². The van der Waals surface area contributed by atoms with Crippen LogP contribution in [-0.2, 0) is 0 Å². The Balaban J connectivity index is 1.73. The average Bonchev–Trinajstić information content (AvgIpc) is 2.55. The number of urea groups is 1. The molecule has 0 aliphatic carbocycles. The van der Waals surface area contributed by atoms with E-state index >= 15 is 0 Å². The van der Waals surface area contributed by atoms with Crippen LogP contribution in [-0.4, -0.2) is 26.3 Å². The number of rotatable bonds is 6. The summed E-state index contributed by atoms with van der Waals surface area (Å²) >= 11 is 6.03. The molecule has 2 aromatic carbocycles. The topological polar surface area (TPSA) is 59.6 Å². The molecule has 5 nitrogen and oxygen atoms in total. The van der Waals surface area contributed by atoms with Crippen LogP contribution < -0.4 is 20.1 Å². The zero-order valence-electron chi connectivity index (χ0n) is 13.1. The van der Waals surface area contributed by atoms with Gasteiger partial charge in [-0.3, -0.25) is 0 Å². The van der Waals surface area contributed by atoms with E-state index in [2.05, 4.69) is 10.6 Å². The van der Waals surface area contributed by atoms with Gasteiger partial charge in [0.15, 0.2) is 0 Å². The van der Waals surface area contributed by atoms with Crippen LogP contribution >= 0.6 is 11.6 Å². The second-order valence-electron chi connectivity index (χ2n) is 4.89. The minimum atomic E-state index is -0.297. The van der Waals surface area contributed by atoms with Gasteiger partial charge in [-0.2, -0.15) is 0 Å². The Labute approximate surface area is 140 Å². The molecule has 0 unspecified atom stereocenters. The smallest absolute Gasteiger partial charge is 0.319 e. The zero-order chi connectivity index (χ0) is 16.7. The standard InChI is InChI=1S/C17H19ClN2O3/c1-12-3-8-15(18)16(11-12)23-10-9-19-17(21)20-13-4-6-14(22-2)7-5-13/h3-8,11H,9-10H2,1-2H3,(H2,19,20,21). The quantitative estimate of drug-likeness (QED) is 0.789. The minimum absolute atomic E-state index is 0.297. The van der Waals surface area contributed by atoms with Gasteiger partial charge in [-0.05, 0) is 48.9 Å². The van der Waals surface area contributed by atoms with E-state index in [1.165, 1.54) is 0 Å². The Morgan fingerprint density at radius 3 is 2.61 bits per heavy atom. The molecule has 0 aromatic heterocycles. The molecule has 0 saturated heterocycles. The van der Waals surface area contributed by atoms with Crippen LogP contribution in [0.15, 0.2) is 42.5 Å². The lowest BCUT2D eigenvalue weighted by molar-refractivity contribution is 0.247. The Morgan fingerprint density at radius 2 is 1.91 bits per heavy atom. The number of carbonyl (C=O) groups excluding carboxylic acids is 1. The molecule has 0 saturated carbocycles. The van der Waals surface area contributed by atoms with E-state index < -0.39 is 0 Å². The average molecular weight is 335 g/mol. The highest BCUT2D eigenvalue weighted by Crippen LogP contribution is 2.24. The first-order valence-electron chi connectivity index (χ1n) is 7.16. The Kier molecular flexibility index (Phi) is 6.11. The van der Waals surface area contributed by atoms with E-state index in [4.69, 9.17) is 21.1 Å². The zero-order valence-corrected chi connectivity index (χ0v) is 13.8. The monoisotopic (exact) mass is 334 g/mol. The molecular weight excluding hydrogens is 316 g/mol. The van der Waals surface area contributed by atoms with Crippen LogP contribution in [0.4, 0.5) is 10.5 Å². The number of benzene rings is 2. The lowest BCUT2D eigenvalue weighted by Gasteiger charge is -2.11. The van der Waals surface area contributed by atoms with Crippen molar-refractivity contribution in [2.45, 2.75) is 6.92 Å². The van der Waals surface area contributed by atoms with E-state index in [0.29, 0.717) is 29.6 Å². The Morgan fingerprint density at radius 1 is 1.17 bits per heavy atom. The van der Waals surface area contributed by atoms with Crippen molar-refractivity contribution in [3.63, 3.8) is 0 Å². The van der Waals surface area contributed by atoms with Crippen LogP contribution in [0.25, 0.3) is 0 Å². The van der Waals surface area contributed by atoms with Crippen molar-refractivity contribution in [3.8, 4) is 11.5 Å². The van der Waals surface area contributed by atoms with Crippen LogP contribution in [0.5, 0.6) is 11.5 Å². The molecule has 0 heterocycles. The summed E-state index contributed by atoms with van der Waals surface area (Å²) in [5.74, 6) is 1.35. The maximum atomic E-state index is 11.8. The summed E-state index contributed by atoms with van der Waals surface area (Å²) in [6.45, 7) is 2.66. The molecule has 2 N–H and O–H groups in total. The predicted octanol–water partition coefficient (Wildman–Crippen LogP) is 3.86. The molecular formula is C17H19ClN2O3. The predicted molar refractivity (Wildman–Crippen MR) is 91.7 cm³/mol. The number of hydrogen-bond acceptors (Lipinski definition) is 3. The number of carbonyl (C=O) groups is 1. The molecule has 0 spiro atoms. The maximum absolute atomic E-state index is 11.8. The molecule has 2 amide bonds. The van der Waals surface area contributed by atoms with Gasteiger partial charge in [-0.1, -0.05) is 17.7 Å². The van der Waals surface area contributed by atoms with Gasteiger partial charge in [-0.25, -0.2) is 4.79 Å². The number of anilines is 1. The summed E-state index contributed by atoms with van der Waals surface area (Å²) in [6.07, 6.45) is 0. The fourth-order valence-corrected chi connectivity index (χ4v) is 2.07. The van der Waals surface area contributed by atoms with Gasteiger partial charge >= 0.3 is 6.03 Å². The first kappa shape index (κ1) is 17.0. The van der Waals surface area contributed by atoms with Crippen molar-refractivity contribution in [1.29, 1.82) is 0 Å². The van der Waals surface area contributed by atoms with Crippen molar-refractivity contribution < 1.29 is 14.3 Å². The van der Waals surface area contributed by atoms with E-state index in [1.807, 2.05) is 19.1 Å². The second-order valence-corrected chi connectivity index (χ2v) is 5.30. The molecule has 2 aromatic rings. The van der Waals surface area contributed by atoms with E-state index in [1.54, 1.807) is 37.4 Å². The number of nitrogens with one attached hydrogen (secondary N) is 2. The summed E-state index contributed by atoms with van der Waals surface area (Å²) in [6, 6.07) is 12.3. The van der Waals surface area contributed by atoms with Gasteiger partial charge in [0.05, 0.1) is 18.7 Å². The highest BCUT2D eigenvalue weighted by atomic mass is 35.5. The summed E-state index contributed by atoms with van der Waals surface area (Å²) in [5.41, 5.74) is 1.75. The van der Waals surface area contributed by atoms with Gasteiger partial charge < -0.3 is 20.1 Å². The fourth-order valence-electron chi connectivity index (χ4n) is 1.90. The van der Waals surface area contributed by atoms with Crippen LogP contribution in [0.2, 0.25) is 5.02 Å². The summed E-state index contributed by atoms with van der Waals surface area (Å²) < 4.78 is 10.6. The van der Waals surface area contributed by atoms with Crippen molar-refractivity contribution in [2.24, 2.45) is 0 Å².